The van der Waals surface area contributed by atoms with Crippen LogP contribution in [-0.4, -0.2) is 30.1 Å². The quantitative estimate of drug-likeness (QED) is 0.926. The number of nitrogens with one attached hydrogen (secondary N) is 1. The van der Waals surface area contributed by atoms with E-state index in [1.165, 1.54) is 0 Å². The standard InChI is InChI=1S/C18H17N3O4/c1-11-3-2-6-19-17(11)20-18(23)12-7-16(22)21(9-12)13-4-5-14-15(8-13)25-10-24-14/h2-6,8,12H,7,9-10H2,1H3,(H,19,20,23). The predicted molar refractivity (Wildman–Crippen MR) is 90.6 cm³/mol. The molecule has 1 unspecified atom stereocenters. The predicted octanol–water partition coefficient (Wildman–Crippen LogP) is 2.11. The highest BCUT2D eigenvalue weighted by molar-refractivity contribution is 6.03. The summed E-state index contributed by atoms with van der Waals surface area (Å²) in [6.45, 7) is 2.39. The molecule has 2 aliphatic rings. The van der Waals surface area contributed by atoms with Gasteiger partial charge in [-0.3, -0.25) is 9.59 Å². The topological polar surface area (TPSA) is 80.8 Å². The molecule has 0 aliphatic carbocycles. The van der Waals surface area contributed by atoms with Gasteiger partial charge in [-0.05, 0) is 30.7 Å². The molecule has 7 nitrogen and oxygen atoms in total. The summed E-state index contributed by atoms with van der Waals surface area (Å²) < 4.78 is 10.6. The van der Waals surface area contributed by atoms with Gasteiger partial charge in [0.2, 0.25) is 18.6 Å². The lowest BCUT2D eigenvalue weighted by atomic mass is 10.1. The van der Waals surface area contributed by atoms with Gasteiger partial charge in [0.15, 0.2) is 11.5 Å². The summed E-state index contributed by atoms with van der Waals surface area (Å²) in [5.41, 5.74) is 1.59. The van der Waals surface area contributed by atoms with Gasteiger partial charge in [0.05, 0.1) is 5.92 Å². The zero-order valence-electron chi connectivity index (χ0n) is 13.7. The molecule has 1 N–H and O–H groups in total. The summed E-state index contributed by atoms with van der Waals surface area (Å²) in [6, 6.07) is 9.03. The van der Waals surface area contributed by atoms with Gasteiger partial charge in [0, 0.05) is 30.9 Å². The van der Waals surface area contributed by atoms with Gasteiger partial charge in [-0.2, -0.15) is 0 Å². The smallest absolute Gasteiger partial charge is 0.231 e. The van der Waals surface area contributed by atoms with Crippen LogP contribution in [0.15, 0.2) is 36.5 Å². The number of hydrogen-bond donors (Lipinski definition) is 1. The molecule has 1 saturated heterocycles. The molecule has 2 amide bonds. The first kappa shape index (κ1) is 15.4. The number of fused-ring (bicyclic) bond motifs is 1. The third-order valence-electron chi connectivity index (χ3n) is 4.41. The van der Waals surface area contributed by atoms with Crippen molar-refractivity contribution in [2.45, 2.75) is 13.3 Å². The molecule has 0 spiro atoms. The first-order valence-corrected chi connectivity index (χ1v) is 8.04. The number of ether oxygens (including phenoxy) is 2. The van der Waals surface area contributed by atoms with Crippen molar-refractivity contribution in [2.24, 2.45) is 5.92 Å². The molecule has 1 aromatic heterocycles. The maximum absolute atomic E-state index is 12.5. The molecule has 2 aliphatic heterocycles. The molecule has 7 heteroatoms. The van der Waals surface area contributed by atoms with Crippen LogP contribution in [0.2, 0.25) is 0 Å². The van der Waals surface area contributed by atoms with Crippen molar-refractivity contribution in [3.63, 3.8) is 0 Å². The number of carbonyl (C=O) groups is 2. The average Bonchev–Trinajstić information content (AvgIpc) is 3.22. The molecule has 25 heavy (non-hydrogen) atoms. The van der Waals surface area contributed by atoms with Crippen LogP contribution in [0, 0.1) is 12.8 Å². The van der Waals surface area contributed by atoms with Gasteiger partial charge in [-0.15, -0.1) is 0 Å². The Balaban J connectivity index is 1.48. The van der Waals surface area contributed by atoms with Crippen LogP contribution >= 0.6 is 0 Å². The van der Waals surface area contributed by atoms with E-state index in [0.717, 1.165) is 5.56 Å². The molecule has 0 radical (unpaired) electrons. The molecule has 3 heterocycles. The Labute approximate surface area is 144 Å². The second-order valence-electron chi connectivity index (χ2n) is 6.10. The van der Waals surface area contributed by atoms with Crippen molar-refractivity contribution in [1.82, 2.24) is 4.98 Å². The van der Waals surface area contributed by atoms with Crippen molar-refractivity contribution in [2.75, 3.05) is 23.6 Å². The highest BCUT2D eigenvalue weighted by Crippen LogP contribution is 2.37. The van der Waals surface area contributed by atoms with Crippen molar-refractivity contribution in [3.8, 4) is 11.5 Å². The summed E-state index contributed by atoms with van der Waals surface area (Å²) in [5.74, 6) is 1.11. The van der Waals surface area contributed by atoms with Gasteiger partial charge in [-0.25, -0.2) is 4.98 Å². The van der Waals surface area contributed by atoms with Gasteiger partial charge in [-0.1, -0.05) is 6.07 Å². The van der Waals surface area contributed by atoms with Gasteiger partial charge >= 0.3 is 0 Å². The van der Waals surface area contributed by atoms with Crippen LogP contribution < -0.4 is 19.7 Å². The number of carbonyl (C=O) groups excluding carboxylic acids is 2. The number of anilines is 2. The van der Waals surface area contributed by atoms with Crippen LogP contribution in [0.1, 0.15) is 12.0 Å². The molecule has 1 aromatic carbocycles. The molecular weight excluding hydrogens is 322 g/mol. The number of pyridine rings is 1. The highest BCUT2D eigenvalue weighted by atomic mass is 16.7. The van der Waals surface area contributed by atoms with Crippen LogP contribution in [0.5, 0.6) is 11.5 Å². The van der Waals surface area contributed by atoms with E-state index in [-0.39, 0.29) is 25.0 Å². The van der Waals surface area contributed by atoms with E-state index in [2.05, 4.69) is 10.3 Å². The van der Waals surface area contributed by atoms with E-state index < -0.39 is 5.92 Å². The van der Waals surface area contributed by atoms with Crippen LogP contribution in [0.25, 0.3) is 0 Å². The van der Waals surface area contributed by atoms with Gasteiger partial charge < -0.3 is 19.7 Å². The Kier molecular flexibility index (Phi) is 3.76. The first-order valence-electron chi connectivity index (χ1n) is 8.04. The third kappa shape index (κ3) is 2.88. The number of benzene rings is 1. The van der Waals surface area contributed by atoms with Gasteiger partial charge in [0.25, 0.3) is 0 Å². The fourth-order valence-corrected chi connectivity index (χ4v) is 3.02. The molecule has 4 rings (SSSR count). The number of aryl methyl sites for hydroxylation is 1. The molecule has 0 saturated carbocycles. The minimum Gasteiger partial charge on any atom is -0.454 e. The number of amides is 2. The average molecular weight is 339 g/mol. The molecule has 128 valence electrons. The maximum Gasteiger partial charge on any atom is 0.231 e. The molecular formula is C18H17N3O4. The number of hydrogen-bond acceptors (Lipinski definition) is 5. The Morgan fingerprint density at radius 2 is 2.12 bits per heavy atom. The largest absolute Gasteiger partial charge is 0.454 e. The monoisotopic (exact) mass is 339 g/mol. The Bertz CT molecular complexity index is 852. The van der Waals surface area contributed by atoms with Crippen LogP contribution in [0.3, 0.4) is 0 Å². The van der Waals surface area contributed by atoms with E-state index in [1.54, 1.807) is 29.3 Å². The fraction of sp³-hybridized carbons (Fsp3) is 0.278. The normalized spacial score (nSPS) is 18.5. The Morgan fingerprint density at radius 1 is 1.28 bits per heavy atom. The Morgan fingerprint density at radius 3 is 2.96 bits per heavy atom. The van der Waals surface area contributed by atoms with Crippen molar-refractivity contribution < 1.29 is 19.1 Å². The molecule has 0 bridgehead atoms. The Hall–Kier alpha value is -3.09. The zero-order valence-corrected chi connectivity index (χ0v) is 13.7. The lowest BCUT2D eigenvalue weighted by Crippen LogP contribution is -2.28. The van der Waals surface area contributed by atoms with E-state index >= 15 is 0 Å². The minimum atomic E-state index is -0.417. The van der Waals surface area contributed by atoms with Gasteiger partial charge in [0.1, 0.15) is 5.82 Å². The highest BCUT2D eigenvalue weighted by Gasteiger charge is 2.36. The van der Waals surface area contributed by atoms with Crippen molar-refractivity contribution in [1.29, 1.82) is 0 Å². The number of aromatic nitrogens is 1. The van der Waals surface area contributed by atoms with Crippen LogP contribution in [0.4, 0.5) is 11.5 Å². The summed E-state index contributed by atoms with van der Waals surface area (Å²) >= 11 is 0. The van der Waals surface area contributed by atoms with E-state index in [9.17, 15) is 9.59 Å². The van der Waals surface area contributed by atoms with E-state index in [0.29, 0.717) is 29.5 Å². The SMILES string of the molecule is Cc1cccnc1NC(=O)C1CC(=O)N(c2ccc3c(c2)OCO3)C1. The maximum atomic E-state index is 12.5. The fourth-order valence-electron chi connectivity index (χ4n) is 3.02. The summed E-state index contributed by atoms with van der Waals surface area (Å²) in [4.78, 5) is 30.6. The molecule has 1 fully saturated rings. The first-order chi connectivity index (χ1) is 12.1. The van der Waals surface area contributed by atoms with E-state index in [4.69, 9.17) is 9.47 Å². The van der Waals surface area contributed by atoms with Crippen molar-refractivity contribution in [3.05, 3.63) is 42.1 Å². The second kappa shape index (κ2) is 6.08. The number of rotatable bonds is 3. The number of nitrogens with zero attached hydrogens (tertiary/aromatic N) is 2. The summed E-state index contributed by atoms with van der Waals surface area (Å²) in [5, 5.41) is 2.81. The lowest BCUT2D eigenvalue weighted by Gasteiger charge is -2.17. The summed E-state index contributed by atoms with van der Waals surface area (Å²) in [6.07, 6.45) is 1.80. The van der Waals surface area contributed by atoms with Crippen LogP contribution in [-0.2, 0) is 9.59 Å². The third-order valence-corrected chi connectivity index (χ3v) is 4.41. The van der Waals surface area contributed by atoms with E-state index in [1.807, 2.05) is 19.1 Å². The minimum absolute atomic E-state index is 0.0863. The van der Waals surface area contributed by atoms with Crippen molar-refractivity contribution >= 4 is 23.3 Å². The zero-order chi connectivity index (χ0) is 17.4. The molecule has 2 aromatic rings. The second-order valence-corrected chi connectivity index (χ2v) is 6.10. The summed E-state index contributed by atoms with van der Waals surface area (Å²) in [7, 11) is 0. The molecule has 1 atom stereocenters. The lowest BCUT2D eigenvalue weighted by molar-refractivity contribution is -0.122.